The molecule has 0 aliphatic rings. The number of aliphatic carboxylic acids is 1. The molecule has 1 aromatic carbocycles. The van der Waals surface area contributed by atoms with E-state index < -0.39 is 29.2 Å². The maximum Gasteiger partial charge on any atom is 0.338 e. The zero-order valence-corrected chi connectivity index (χ0v) is 25.3. The number of rotatable bonds is 17. The molecule has 9 heteroatoms. The van der Waals surface area contributed by atoms with Crippen molar-refractivity contribution in [2.45, 2.75) is 128 Å². The number of carbonyl (C=O) groups excluding carboxylic acids is 3. The highest BCUT2D eigenvalue weighted by Crippen LogP contribution is 2.22. The molecule has 0 aliphatic carbocycles. The van der Waals surface area contributed by atoms with Crippen LogP contribution in [0, 0.1) is 0 Å². The highest BCUT2D eigenvalue weighted by Gasteiger charge is 2.23. The minimum absolute atomic E-state index is 0.00562. The molecular weight excluding hydrogens is 518 g/mol. The van der Waals surface area contributed by atoms with E-state index >= 15 is 0 Å². The van der Waals surface area contributed by atoms with Crippen molar-refractivity contribution in [3.05, 3.63) is 29.8 Å². The van der Waals surface area contributed by atoms with E-state index in [1.54, 1.807) is 32.5 Å². The van der Waals surface area contributed by atoms with Gasteiger partial charge in [-0.2, -0.15) is 0 Å². The van der Waals surface area contributed by atoms with Gasteiger partial charge in [0.15, 0.2) is 0 Å². The molecule has 2 N–H and O–H groups in total. The lowest BCUT2D eigenvalue weighted by Crippen LogP contribution is -2.41. The fraction of sp³-hybridized carbons (Fsp3) is 0.667. The largest absolute Gasteiger partial charge is 0.480 e. The van der Waals surface area contributed by atoms with E-state index in [4.69, 9.17) is 9.47 Å². The van der Waals surface area contributed by atoms with Crippen molar-refractivity contribution >= 4 is 35.6 Å². The van der Waals surface area contributed by atoms with Crippen LogP contribution in [0.4, 0.5) is 0 Å². The summed E-state index contributed by atoms with van der Waals surface area (Å²) in [5.41, 5.74) is -0.570. The molecule has 0 saturated carbocycles. The van der Waals surface area contributed by atoms with Crippen molar-refractivity contribution < 1.29 is 33.8 Å². The van der Waals surface area contributed by atoms with E-state index in [-0.39, 0.29) is 31.1 Å². The molecule has 1 rings (SSSR count). The molecule has 0 spiro atoms. The Balaban J connectivity index is 2.12. The lowest BCUT2D eigenvalue weighted by Gasteiger charge is -2.20. The van der Waals surface area contributed by atoms with Crippen LogP contribution in [-0.2, 0) is 23.9 Å². The summed E-state index contributed by atoms with van der Waals surface area (Å²) in [6.45, 7) is 10.8. The lowest BCUT2D eigenvalue weighted by atomic mass is 10.1. The third kappa shape index (κ3) is 17.6. The van der Waals surface area contributed by atoms with E-state index in [9.17, 15) is 24.3 Å². The van der Waals surface area contributed by atoms with Crippen LogP contribution in [0.5, 0.6) is 0 Å². The molecule has 0 heterocycles. The number of nitrogens with one attached hydrogen (secondary N) is 1. The van der Waals surface area contributed by atoms with Gasteiger partial charge in [0, 0.05) is 17.7 Å². The molecule has 8 nitrogen and oxygen atoms in total. The van der Waals surface area contributed by atoms with E-state index in [1.807, 2.05) is 45.0 Å². The van der Waals surface area contributed by atoms with Gasteiger partial charge in [-0.3, -0.25) is 9.59 Å². The summed E-state index contributed by atoms with van der Waals surface area (Å²) in [5, 5.41) is 11.9. The molecule has 0 aliphatic heterocycles. The average molecular weight is 566 g/mol. The molecule has 1 atom stereocenters. The number of ether oxygens (including phenoxy) is 2. The number of esters is 2. The first-order valence-corrected chi connectivity index (χ1v) is 14.8. The number of carboxylic acids is 1. The smallest absolute Gasteiger partial charge is 0.338 e. The predicted octanol–water partition coefficient (Wildman–Crippen LogP) is 6.55. The molecule has 0 saturated heterocycles. The predicted molar refractivity (Wildman–Crippen MR) is 154 cm³/mol. The third-order valence-electron chi connectivity index (χ3n) is 5.50. The molecule has 0 aromatic heterocycles. The zero-order chi connectivity index (χ0) is 29.5. The van der Waals surface area contributed by atoms with Crippen molar-refractivity contribution in [3.8, 4) is 0 Å². The van der Waals surface area contributed by atoms with Crippen molar-refractivity contribution in [2.75, 3.05) is 5.75 Å². The molecule has 0 bridgehead atoms. The fourth-order valence-corrected chi connectivity index (χ4v) is 4.58. The van der Waals surface area contributed by atoms with Crippen molar-refractivity contribution in [1.29, 1.82) is 0 Å². The Bertz CT molecular complexity index is 917. The second kappa shape index (κ2) is 17.2. The monoisotopic (exact) mass is 565 g/mol. The van der Waals surface area contributed by atoms with Crippen LogP contribution in [0.25, 0.3) is 0 Å². The maximum absolute atomic E-state index is 12.1. The summed E-state index contributed by atoms with van der Waals surface area (Å²) in [6.07, 6.45) is 7.37. The average Bonchev–Trinajstić information content (AvgIpc) is 2.80. The molecule has 1 amide bonds. The first kappa shape index (κ1) is 34.5. The number of benzene rings is 1. The Morgan fingerprint density at radius 2 is 1.33 bits per heavy atom. The van der Waals surface area contributed by atoms with E-state index in [0.29, 0.717) is 12.0 Å². The Hall–Kier alpha value is -2.55. The molecule has 220 valence electrons. The number of hydrogen-bond donors (Lipinski definition) is 2. The van der Waals surface area contributed by atoms with Crippen LogP contribution in [0.15, 0.2) is 29.2 Å². The van der Waals surface area contributed by atoms with Gasteiger partial charge in [0.2, 0.25) is 5.91 Å². The molecule has 0 fully saturated rings. The minimum atomic E-state index is -1.15. The summed E-state index contributed by atoms with van der Waals surface area (Å²) in [7, 11) is 0. The minimum Gasteiger partial charge on any atom is -0.480 e. The van der Waals surface area contributed by atoms with Crippen LogP contribution in [0.3, 0.4) is 0 Å². The quantitative estimate of drug-likeness (QED) is 0.124. The van der Waals surface area contributed by atoms with Crippen molar-refractivity contribution in [3.63, 3.8) is 0 Å². The number of carbonyl (C=O) groups is 4. The van der Waals surface area contributed by atoms with Crippen molar-refractivity contribution in [2.24, 2.45) is 0 Å². The van der Waals surface area contributed by atoms with Gasteiger partial charge in [-0.05, 0) is 90.8 Å². The van der Waals surface area contributed by atoms with Gasteiger partial charge in [0.1, 0.15) is 17.2 Å². The summed E-state index contributed by atoms with van der Waals surface area (Å²) < 4.78 is 10.6. The molecule has 0 unspecified atom stereocenters. The highest BCUT2D eigenvalue weighted by molar-refractivity contribution is 7.99. The summed E-state index contributed by atoms with van der Waals surface area (Å²) in [6, 6.07) is 6.44. The first-order chi connectivity index (χ1) is 18.2. The van der Waals surface area contributed by atoms with E-state index in [2.05, 4.69) is 5.32 Å². The van der Waals surface area contributed by atoms with Gasteiger partial charge >= 0.3 is 17.9 Å². The number of hydrogen-bond acceptors (Lipinski definition) is 7. The molecule has 0 radical (unpaired) electrons. The van der Waals surface area contributed by atoms with Crippen LogP contribution < -0.4 is 5.32 Å². The van der Waals surface area contributed by atoms with Crippen LogP contribution in [0.2, 0.25) is 0 Å². The summed E-state index contributed by atoms with van der Waals surface area (Å²) in [4.78, 5) is 48.6. The van der Waals surface area contributed by atoms with Gasteiger partial charge in [0.05, 0.1) is 5.56 Å². The molecule has 1 aromatic rings. The fourth-order valence-electron chi connectivity index (χ4n) is 3.66. The number of thioether (sulfide) groups is 1. The second-order valence-corrected chi connectivity index (χ2v) is 12.9. The third-order valence-corrected chi connectivity index (χ3v) is 6.59. The zero-order valence-electron chi connectivity index (χ0n) is 24.5. The Morgan fingerprint density at radius 3 is 1.87 bits per heavy atom. The topological polar surface area (TPSA) is 119 Å². The second-order valence-electron chi connectivity index (χ2n) is 11.7. The van der Waals surface area contributed by atoms with E-state index in [0.717, 1.165) is 49.2 Å². The van der Waals surface area contributed by atoms with Crippen LogP contribution in [0.1, 0.15) is 116 Å². The standard InChI is InChI=1S/C30H47NO7S/c1-29(2,3)37-26(33)20-19-24(27(34)35)31-25(32)14-12-10-8-7-9-11-13-21-39-23-17-15-22(16-18-23)28(36)38-30(4,5)6/h15-18,24H,7-14,19-21H2,1-6H3,(H,31,32)(H,34,35)/t24-/m0/s1. The van der Waals surface area contributed by atoms with Gasteiger partial charge < -0.3 is 19.9 Å². The number of carboxylic acid groups (broad SMARTS) is 1. The number of unbranched alkanes of at least 4 members (excludes halogenated alkanes) is 6. The number of amides is 1. The van der Waals surface area contributed by atoms with Gasteiger partial charge in [0.25, 0.3) is 0 Å². The van der Waals surface area contributed by atoms with Gasteiger partial charge in [-0.15, -0.1) is 11.8 Å². The first-order valence-electron chi connectivity index (χ1n) is 13.9. The van der Waals surface area contributed by atoms with Crippen molar-refractivity contribution in [1.82, 2.24) is 5.32 Å². The van der Waals surface area contributed by atoms with Gasteiger partial charge in [-0.1, -0.05) is 32.1 Å². The molecule has 39 heavy (non-hydrogen) atoms. The van der Waals surface area contributed by atoms with E-state index in [1.165, 1.54) is 0 Å². The SMILES string of the molecule is CC(C)(C)OC(=O)CC[C@H](NC(=O)CCCCCCCCCSc1ccc(C(=O)OC(C)(C)C)cc1)C(=O)O. The summed E-state index contributed by atoms with van der Waals surface area (Å²) >= 11 is 1.78. The Morgan fingerprint density at radius 1 is 0.795 bits per heavy atom. The van der Waals surface area contributed by atoms with Crippen LogP contribution >= 0.6 is 11.8 Å². The Labute approximate surface area is 238 Å². The lowest BCUT2D eigenvalue weighted by molar-refractivity contribution is -0.155. The summed E-state index contributed by atoms with van der Waals surface area (Å²) in [5.74, 6) is -1.22. The van der Waals surface area contributed by atoms with Crippen LogP contribution in [-0.4, -0.2) is 51.9 Å². The highest BCUT2D eigenvalue weighted by atomic mass is 32.2. The normalized spacial score (nSPS) is 12.5. The Kier molecular flexibility index (Phi) is 15.2. The maximum atomic E-state index is 12.1. The molecular formula is C30H47NO7S. The van der Waals surface area contributed by atoms with Gasteiger partial charge in [-0.25, -0.2) is 9.59 Å².